The lowest BCUT2D eigenvalue weighted by Crippen LogP contribution is -2.63. The molecule has 21 nitrogen and oxygen atoms in total. The van der Waals surface area contributed by atoms with Gasteiger partial charge in [-0.1, -0.05) is 77.9 Å². The predicted octanol–water partition coefficient (Wildman–Crippen LogP) is -0.702. The number of carbonyl (C=O) groups excluding carboxylic acids is 7. The molecule has 0 radical (unpaired) electrons. The van der Waals surface area contributed by atoms with Gasteiger partial charge in [-0.05, 0) is 82.6 Å². The molecule has 1 unspecified atom stereocenters. The SMILES string of the molecule is CC(C)C[C@H](NC(=O)CNC(=O)[C@H](CCCN=C(N)N)NC(=O)C1NC(=O)[C@H](Cc2ccccc2)NC(=O)CNC(=O)[C@H](NC(=O)[C@@H](N)Cc2ccc(O)cc2)C(C)(C)SSC1(C)C)C(=O)O. The van der Waals surface area contributed by atoms with Gasteiger partial charge < -0.3 is 64.6 Å². The first-order valence-electron chi connectivity index (χ1n) is 21.7. The van der Waals surface area contributed by atoms with Crippen LogP contribution < -0.4 is 54.4 Å². The third-order valence-electron chi connectivity index (χ3n) is 10.4. The fourth-order valence-electron chi connectivity index (χ4n) is 6.72. The Bertz CT molecular complexity index is 2090. The Hall–Kier alpha value is -6.07. The molecule has 6 atom stereocenters. The van der Waals surface area contributed by atoms with Gasteiger partial charge in [0.2, 0.25) is 41.4 Å². The summed E-state index contributed by atoms with van der Waals surface area (Å²) in [6.45, 7) is 9.08. The summed E-state index contributed by atoms with van der Waals surface area (Å²) in [6.07, 6.45) is 0.321. The second kappa shape index (κ2) is 25.7. The lowest BCUT2D eigenvalue weighted by molar-refractivity contribution is -0.142. The van der Waals surface area contributed by atoms with E-state index in [2.05, 4.69) is 42.2 Å². The topological polar surface area (TPSA) is 352 Å². The highest BCUT2D eigenvalue weighted by atomic mass is 33.1. The largest absolute Gasteiger partial charge is 0.508 e. The Balaban J connectivity index is 2.00. The average Bonchev–Trinajstić information content (AvgIpc) is 3.25. The van der Waals surface area contributed by atoms with Crippen molar-refractivity contribution in [1.29, 1.82) is 0 Å². The van der Waals surface area contributed by atoms with Crippen LogP contribution in [0, 0.1) is 5.92 Å². The normalized spacial score (nSPS) is 19.9. The molecule has 15 N–H and O–H groups in total. The van der Waals surface area contributed by atoms with E-state index in [0.717, 1.165) is 21.6 Å². The molecule has 0 aliphatic carbocycles. The highest BCUT2D eigenvalue weighted by Crippen LogP contribution is 2.46. The van der Waals surface area contributed by atoms with Gasteiger partial charge in [0, 0.05) is 22.5 Å². The van der Waals surface area contributed by atoms with E-state index in [1.54, 1.807) is 84.0 Å². The molecule has 1 fully saturated rings. The van der Waals surface area contributed by atoms with E-state index in [-0.39, 0.29) is 56.3 Å². The summed E-state index contributed by atoms with van der Waals surface area (Å²) in [4.78, 5) is 112. The summed E-state index contributed by atoms with van der Waals surface area (Å²) < 4.78 is -2.47. The molecule has 23 heteroatoms. The van der Waals surface area contributed by atoms with Crippen LogP contribution in [0.4, 0.5) is 0 Å². The van der Waals surface area contributed by atoms with Crippen molar-refractivity contribution >= 4 is 74.9 Å². The van der Waals surface area contributed by atoms with E-state index >= 15 is 0 Å². The third-order valence-corrected chi connectivity index (χ3v) is 14.6. The van der Waals surface area contributed by atoms with Crippen molar-refractivity contribution in [1.82, 2.24) is 37.2 Å². The number of amides is 7. The maximum Gasteiger partial charge on any atom is 0.326 e. The van der Waals surface area contributed by atoms with Gasteiger partial charge in [-0.25, -0.2) is 4.79 Å². The number of hydrogen-bond acceptors (Lipinski definition) is 13. The number of phenolic OH excluding ortho intramolecular Hbond substituents is 1. The number of aliphatic carboxylic acids is 1. The Morgan fingerprint density at radius 1 is 0.851 bits per heavy atom. The van der Waals surface area contributed by atoms with Crippen molar-refractivity contribution in [2.24, 2.45) is 28.1 Å². The summed E-state index contributed by atoms with van der Waals surface area (Å²) >= 11 is 0. The number of phenols is 1. The molecule has 7 amide bonds. The smallest absolute Gasteiger partial charge is 0.326 e. The summed E-state index contributed by atoms with van der Waals surface area (Å²) in [5.41, 5.74) is 18.6. The van der Waals surface area contributed by atoms with Crippen molar-refractivity contribution in [3.63, 3.8) is 0 Å². The standard InChI is InChI=1S/C44H65N11O10S2/c1-24(2)19-31(41(64)65)52-33(58)22-49-37(60)29(13-10-18-48-42(46)47)53-40(63)35-44(5,6)67-66-43(3,4)34(54-36(59)28(45)20-26-14-16-27(56)17-15-26)39(62)50-23-32(57)51-30(38(61)55-35)21-25-11-8-7-9-12-25/h7-9,11-12,14-17,24,28-31,34-35,56H,10,13,18-23,45H2,1-6H3,(H,49,60)(H,50,62)(H,51,57)(H,52,58)(H,53,63)(H,54,59)(H,55,61)(H,64,65)(H4,46,47,48)/t28-,29-,30-,31-,34-,35?/m0/s1. The maximum absolute atomic E-state index is 14.6. The van der Waals surface area contributed by atoms with Crippen LogP contribution >= 0.6 is 21.6 Å². The van der Waals surface area contributed by atoms with Gasteiger partial charge in [0.05, 0.1) is 19.1 Å². The number of carboxylic acid groups (broad SMARTS) is 1. The second-order valence-electron chi connectivity index (χ2n) is 17.6. The molecule has 0 spiro atoms. The zero-order chi connectivity index (χ0) is 50.1. The summed E-state index contributed by atoms with van der Waals surface area (Å²) in [6, 6.07) is 7.20. The van der Waals surface area contributed by atoms with Crippen molar-refractivity contribution in [2.45, 2.75) is 119 Å². The van der Waals surface area contributed by atoms with Gasteiger partial charge in [-0.15, -0.1) is 0 Å². The van der Waals surface area contributed by atoms with E-state index in [4.69, 9.17) is 17.2 Å². The summed E-state index contributed by atoms with van der Waals surface area (Å²) in [5.74, 6) is -6.81. The van der Waals surface area contributed by atoms with Crippen molar-refractivity contribution in [2.75, 3.05) is 19.6 Å². The highest BCUT2D eigenvalue weighted by Gasteiger charge is 2.45. The molecular weight excluding hydrogens is 907 g/mol. The van der Waals surface area contributed by atoms with Crippen LogP contribution in [0.3, 0.4) is 0 Å². The monoisotopic (exact) mass is 971 g/mol. The van der Waals surface area contributed by atoms with Gasteiger partial charge >= 0.3 is 5.97 Å². The van der Waals surface area contributed by atoms with E-state index in [1.807, 2.05) is 0 Å². The van der Waals surface area contributed by atoms with Crippen LogP contribution in [-0.2, 0) is 51.2 Å². The van der Waals surface area contributed by atoms with Gasteiger partial charge in [-0.3, -0.25) is 38.6 Å². The average molecular weight is 972 g/mol. The van der Waals surface area contributed by atoms with Crippen LogP contribution in [-0.4, -0.2) is 129 Å². The molecule has 1 aliphatic rings. The molecule has 2 aromatic rings. The lowest BCUT2D eigenvalue weighted by Gasteiger charge is -2.39. The molecule has 3 rings (SSSR count). The Kier molecular flexibility index (Phi) is 21.2. The van der Waals surface area contributed by atoms with Gasteiger partial charge in [0.1, 0.15) is 36.0 Å². The maximum atomic E-state index is 14.6. The predicted molar refractivity (Wildman–Crippen MR) is 256 cm³/mol. The molecule has 0 aromatic heterocycles. The number of rotatable bonds is 19. The summed E-state index contributed by atoms with van der Waals surface area (Å²) in [5, 5.41) is 37.6. The molecule has 2 aromatic carbocycles. The van der Waals surface area contributed by atoms with Crippen LogP contribution in [0.1, 0.15) is 71.9 Å². The number of carboxylic acids is 1. The number of guanidine groups is 1. The zero-order valence-corrected chi connectivity index (χ0v) is 40.2. The van der Waals surface area contributed by atoms with Crippen LogP contribution in [0.2, 0.25) is 0 Å². The minimum atomic E-state index is -1.45. The minimum absolute atomic E-state index is 0.0224. The number of aromatic hydroxyl groups is 1. The van der Waals surface area contributed by atoms with Crippen LogP contribution in [0.25, 0.3) is 0 Å². The Labute approximate surface area is 397 Å². The number of nitrogens with one attached hydrogen (secondary N) is 7. The minimum Gasteiger partial charge on any atom is -0.508 e. The van der Waals surface area contributed by atoms with E-state index in [0.29, 0.717) is 11.1 Å². The number of carbonyl (C=O) groups is 8. The Morgan fingerprint density at radius 2 is 1.49 bits per heavy atom. The fourth-order valence-corrected chi connectivity index (χ4v) is 9.54. The number of benzene rings is 2. The first kappa shape index (κ1) is 55.3. The second-order valence-corrected chi connectivity index (χ2v) is 21.0. The molecule has 1 aliphatic heterocycles. The van der Waals surface area contributed by atoms with Gasteiger partial charge in [0.15, 0.2) is 5.96 Å². The van der Waals surface area contributed by atoms with Crippen molar-refractivity contribution < 1.29 is 48.6 Å². The van der Waals surface area contributed by atoms with E-state index < -0.39 is 106 Å². The third kappa shape index (κ3) is 18.6. The number of nitrogens with zero attached hydrogens (tertiary/aromatic N) is 1. The highest BCUT2D eigenvalue weighted by molar-refractivity contribution is 8.77. The number of hydrogen-bond donors (Lipinski definition) is 12. The van der Waals surface area contributed by atoms with Crippen molar-refractivity contribution in [3.05, 3.63) is 65.7 Å². The number of aliphatic imine (C=N–C) groups is 1. The molecule has 0 bridgehead atoms. The molecule has 1 saturated heterocycles. The van der Waals surface area contributed by atoms with E-state index in [1.165, 1.54) is 12.1 Å². The number of nitrogens with two attached hydrogens (primary N) is 3. The first-order valence-corrected chi connectivity index (χ1v) is 23.8. The lowest BCUT2D eigenvalue weighted by atomic mass is 9.99. The van der Waals surface area contributed by atoms with Crippen LogP contribution in [0.15, 0.2) is 59.6 Å². The quantitative estimate of drug-likeness (QED) is 0.0358. The van der Waals surface area contributed by atoms with Gasteiger partial charge in [-0.2, -0.15) is 0 Å². The molecule has 368 valence electrons. The van der Waals surface area contributed by atoms with Gasteiger partial charge in [0.25, 0.3) is 0 Å². The summed E-state index contributed by atoms with van der Waals surface area (Å²) in [7, 11) is 2.22. The van der Waals surface area contributed by atoms with E-state index in [9.17, 15) is 48.6 Å². The van der Waals surface area contributed by atoms with Crippen LogP contribution in [0.5, 0.6) is 5.75 Å². The molecule has 67 heavy (non-hydrogen) atoms. The van der Waals surface area contributed by atoms with Crippen molar-refractivity contribution in [3.8, 4) is 5.75 Å². The zero-order valence-electron chi connectivity index (χ0n) is 38.6. The molecule has 0 saturated carbocycles. The first-order chi connectivity index (χ1) is 31.4. The fraction of sp³-hybridized carbons (Fsp3) is 0.523. The molecular formula is C44H65N11O10S2. The Morgan fingerprint density at radius 3 is 2.10 bits per heavy atom. The molecule has 1 heterocycles.